The lowest BCUT2D eigenvalue weighted by Crippen LogP contribution is -2.43. The number of amides is 1. The summed E-state index contributed by atoms with van der Waals surface area (Å²) in [5, 5.41) is 12.4. The van der Waals surface area contributed by atoms with Crippen LogP contribution in [0.4, 0.5) is 5.95 Å². The lowest BCUT2D eigenvalue weighted by atomic mass is 9.95. The Morgan fingerprint density at radius 3 is 2.41 bits per heavy atom. The third-order valence-electron chi connectivity index (χ3n) is 7.62. The number of piperidine rings is 1. The number of nitrogens with one attached hydrogen (secondary N) is 1. The molecule has 0 radical (unpaired) electrons. The first-order chi connectivity index (χ1) is 16.5. The van der Waals surface area contributed by atoms with Crippen LogP contribution in [0.5, 0.6) is 0 Å². The molecular weight excluding hydrogens is 422 g/mol. The van der Waals surface area contributed by atoms with Crippen molar-refractivity contribution in [2.24, 2.45) is 5.92 Å². The second-order valence-corrected chi connectivity index (χ2v) is 9.98. The minimum Gasteiger partial charge on any atom is -0.353 e. The highest BCUT2D eigenvalue weighted by molar-refractivity contribution is 5.81. The maximum Gasteiger partial charge on any atom is 0.223 e. The topological polar surface area (TPSA) is 74.0 Å². The van der Waals surface area contributed by atoms with Crippen molar-refractivity contribution in [1.29, 1.82) is 5.26 Å². The van der Waals surface area contributed by atoms with Crippen molar-refractivity contribution in [2.45, 2.75) is 65.0 Å². The summed E-state index contributed by atoms with van der Waals surface area (Å²) in [6.45, 7) is 6.63. The van der Waals surface area contributed by atoms with Crippen molar-refractivity contribution >= 4 is 22.9 Å². The minimum absolute atomic E-state index is 0.0951. The van der Waals surface area contributed by atoms with E-state index in [2.05, 4.69) is 46.8 Å². The molecule has 0 unspecified atom stereocenters. The van der Waals surface area contributed by atoms with Crippen molar-refractivity contribution in [3.8, 4) is 6.07 Å². The molecule has 1 saturated heterocycles. The van der Waals surface area contributed by atoms with E-state index < -0.39 is 0 Å². The Morgan fingerprint density at radius 2 is 1.74 bits per heavy atom. The van der Waals surface area contributed by atoms with Gasteiger partial charge in [-0.2, -0.15) is 5.26 Å². The largest absolute Gasteiger partial charge is 0.353 e. The average molecular weight is 456 g/mol. The van der Waals surface area contributed by atoms with Gasteiger partial charge < -0.3 is 14.8 Å². The Morgan fingerprint density at radius 1 is 1.06 bits per heavy atom. The number of aryl methyl sites for hydroxylation is 2. The molecule has 3 aromatic rings. The molecule has 5 rings (SSSR count). The maximum atomic E-state index is 12.8. The highest BCUT2D eigenvalue weighted by Gasteiger charge is 2.29. The highest BCUT2D eigenvalue weighted by Crippen LogP contribution is 2.30. The predicted molar refractivity (Wildman–Crippen MR) is 135 cm³/mol. The number of hydrogen-bond donors (Lipinski definition) is 1. The summed E-state index contributed by atoms with van der Waals surface area (Å²) in [6.07, 6.45) is 6.44. The number of nitriles is 1. The first-order valence-corrected chi connectivity index (χ1v) is 12.5. The number of rotatable bonds is 5. The van der Waals surface area contributed by atoms with Gasteiger partial charge in [0.2, 0.25) is 11.9 Å². The zero-order valence-corrected chi connectivity index (χ0v) is 20.2. The summed E-state index contributed by atoms with van der Waals surface area (Å²) < 4.78 is 2.29. The lowest BCUT2D eigenvalue weighted by Gasteiger charge is -2.33. The van der Waals surface area contributed by atoms with E-state index in [4.69, 9.17) is 10.2 Å². The summed E-state index contributed by atoms with van der Waals surface area (Å²) in [6, 6.07) is 14.8. The van der Waals surface area contributed by atoms with Gasteiger partial charge in [0.05, 0.1) is 29.2 Å². The van der Waals surface area contributed by atoms with Crippen LogP contribution in [0.15, 0.2) is 36.4 Å². The van der Waals surface area contributed by atoms with E-state index in [1.807, 2.05) is 24.3 Å². The molecule has 1 saturated carbocycles. The molecule has 6 nitrogen and oxygen atoms in total. The zero-order valence-electron chi connectivity index (χ0n) is 20.2. The number of fused-ring (bicyclic) bond motifs is 1. The van der Waals surface area contributed by atoms with Gasteiger partial charge >= 0.3 is 0 Å². The minimum atomic E-state index is 0.0951. The molecule has 1 amide bonds. The molecule has 2 aliphatic rings. The average Bonchev–Trinajstić information content (AvgIpc) is 3.48. The summed E-state index contributed by atoms with van der Waals surface area (Å²) in [4.78, 5) is 20.2. The second kappa shape index (κ2) is 9.50. The van der Waals surface area contributed by atoms with Crippen molar-refractivity contribution in [3.05, 3.63) is 58.7 Å². The predicted octanol–water partition coefficient (Wildman–Crippen LogP) is 4.85. The molecule has 1 aliphatic heterocycles. The van der Waals surface area contributed by atoms with Crippen LogP contribution >= 0.6 is 0 Å². The van der Waals surface area contributed by atoms with E-state index >= 15 is 0 Å². The van der Waals surface area contributed by atoms with Gasteiger partial charge in [-0.15, -0.1) is 0 Å². The monoisotopic (exact) mass is 455 g/mol. The van der Waals surface area contributed by atoms with Gasteiger partial charge in [-0.05, 0) is 80.5 Å². The van der Waals surface area contributed by atoms with E-state index in [1.165, 1.54) is 24.0 Å². The Hall–Kier alpha value is -3.33. The van der Waals surface area contributed by atoms with E-state index in [0.717, 1.165) is 61.3 Å². The van der Waals surface area contributed by atoms with Crippen molar-refractivity contribution in [2.75, 3.05) is 18.0 Å². The fourth-order valence-corrected chi connectivity index (χ4v) is 5.36. The van der Waals surface area contributed by atoms with Gasteiger partial charge in [0.1, 0.15) is 0 Å². The summed E-state index contributed by atoms with van der Waals surface area (Å²) >= 11 is 0. The number of nitrogens with zero attached hydrogens (tertiary/aromatic N) is 4. The van der Waals surface area contributed by atoms with Crippen molar-refractivity contribution in [3.63, 3.8) is 0 Å². The zero-order chi connectivity index (χ0) is 23.7. The quantitative estimate of drug-likeness (QED) is 0.597. The number of hydrogen-bond acceptors (Lipinski definition) is 4. The van der Waals surface area contributed by atoms with Gasteiger partial charge in [0.25, 0.3) is 0 Å². The molecular formula is C28H33N5O. The molecule has 0 bridgehead atoms. The molecule has 34 heavy (non-hydrogen) atoms. The molecule has 6 heteroatoms. The normalized spacial score (nSPS) is 17.3. The van der Waals surface area contributed by atoms with E-state index in [9.17, 15) is 4.79 Å². The second-order valence-electron chi connectivity index (χ2n) is 9.98. The van der Waals surface area contributed by atoms with E-state index in [-0.39, 0.29) is 11.8 Å². The van der Waals surface area contributed by atoms with Gasteiger partial charge in [0, 0.05) is 25.0 Å². The number of carbonyl (C=O) groups excluding carboxylic acids is 1. The fraction of sp³-hybridized carbons (Fsp3) is 0.464. The van der Waals surface area contributed by atoms with E-state index in [0.29, 0.717) is 18.2 Å². The van der Waals surface area contributed by atoms with E-state index in [1.54, 1.807) is 0 Å². The Bertz CT molecular complexity index is 1220. The number of imidazole rings is 1. The van der Waals surface area contributed by atoms with Crippen LogP contribution in [0, 0.1) is 31.1 Å². The third kappa shape index (κ3) is 4.52. The number of aromatic nitrogens is 2. The molecule has 1 aromatic heterocycles. The molecule has 2 fully saturated rings. The van der Waals surface area contributed by atoms with Crippen LogP contribution in [-0.4, -0.2) is 34.6 Å². The Balaban J connectivity index is 1.38. The SMILES string of the molecule is Cc1cc2nc(N3CCC(C(=O)NC4CCCC4)CC3)n(Cc3ccc(C#N)cc3)c2cc1C. The van der Waals surface area contributed by atoms with Crippen LogP contribution < -0.4 is 10.2 Å². The Kier molecular flexibility index (Phi) is 6.28. The van der Waals surface area contributed by atoms with Crippen LogP contribution in [0.25, 0.3) is 11.0 Å². The summed E-state index contributed by atoms with van der Waals surface area (Å²) in [5.41, 5.74) is 6.44. The molecule has 0 spiro atoms. The lowest BCUT2D eigenvalue weighted by molar-refractivity contribution is -0.126. The van der Waals surface area contributed by atoms with Gasteiger partial charge in [-0.3, -0.25) is 4.79 Å². The van der Waals surface area contributed by atoms with Crippen molar-refractivity contribution in [1.82, 2.24) is 14.9 Å². The number of anilines is 1. The van der Waals surface area contributed by atoms with Crippen LogP contribution in [0.1, 0.15) is 60.8 Å². The number of benzene rings is 2. The molecule has 1 N–H and O–H groups in total. The van der Waals surface area contributed by atoms with Gasteiger partial charge in [-0.1, -0.05) is 25.0 Å². The molecule has 2 heterocycles. The third-order valence-corrected chi connectivity index (χ3v) is 7.62. The van der Waals surface area contributed by atoms with Crippen molar-refractivity contribution < 1.29 is 4.79 Å². The molecule has 0 atom stereocenters. The van der Waals surface area contributed by atoms with Crippen LogP contribution in [-0.2, 0) is 11.3 Å². The maximum absolute atomic E-state index is 12.8. The molecule has 1 aliphatic carbocycles. The standard InChI is InChI=1S/C28H33N5O/c1-19-15-25-26(16-20(19)2)33(18-22-9-7-21(17-29)8-10-22)28(31-25)32-13-11-23(12-14-32)27(34)30-24-5-3-4-6-24/h7-10,15-16,23-24H,3-6,11-14,18H2,1-2H3,(H,30,34). The smallest absolute Gasteiger partial charge is 0.223 e. The summed E-state index contributed by atoms with van der Waals surface area (Å²) in [5.74, 6) is 1.31. The van der Waals surface area contributed by atoms with Gasteiger partial charge in [-0.25, -0.2) is 4.98 Å². The Labute approximate surface area is 201 Å². The van der Waals surface area contributed by atoms with Gasteiger partial charge in [0.15, 0.2) is 0 Å². The molecule has 2 aromatic carbocycles. The summed E-state index contributed by atoms with van der Waals surface area (Å²) in [7, 11) is 0. The van der Waals surface area contributed by atoms with Crippen LogP contribution in [0.3, 0.4) is 0 Å². The first kappa shape index (κ1) is 22.5. The fourth-order valence-electron chi connectivity index (χ4n) is 5.36. The highest BCUT2D eigenvalue weighted by atomic mass is 16.1. The number of carbonyl (C=O) groups is 1. The first-order valence-electron chi connectivity index (χ1n) is 12.5. The molecule has 176 valence electrons. The van der Waals surface area contributed by atoms with Crippen LogP contribution in [0.2, 0.25) is 0 Å².